The maximum atomic E-state index is 11.2. The molecular formula is C9H13NO2S. The van der Waals surface area contributed by atoms with Crippen LogP contribution >= 0.6 is 0 Å². The summed E-state index contributed by atoms with van der Waals surface area (Å²) in [6, 6.07) is 7.04. The Balaban J connectivity index is 2.81. The van der Waals surface area contributed by atoms with E-state index in [-0.39, 0.29) is 0 Å². The lowest BCUT2D eigenvalue weighted by atomic mass is 10.1. The summed E-state index contributed by atoms with van der Waals surface area (Å²) in [5.41, 5.74) is 0.830. The van der Waals surface area contributed by atoms with Crippen LogP contribution < -0.4 is 4.72 Å². The molecule has 2 atom stereocenters. The van der Waals surface area contributed by atoms with E-state index >= 15 is 0 Å². The molecule has 0 bridgehead atoms. The average Bonchev–Trinajstić information content (AvgIpc) is 2.17. The van der Waals surface area contributed by atoms with E-state index in [1.807, 2.05) is 0 Å². The second-order valence-corrected chi connectivity index (χ2v) is 4.13. The molecule has 0 aliphatic rings. The fourth-order valence-corrected chi connectivity index (χ4v) is 1.61. The normalized spacial score (nSPS) is 15.4. The molecule has 0 amide bonds. The van der Waals surface area contributed by atoms with E-state index in [0.717, 1.165) is 5.56 Å². The van der Waals surface area contributed by atoms with Gasteiger partial charge in [-0.3, -0.25) is 0 Å². The molecule has 0 radical (unpaired) electrons. The summed E-state index contributed by atoms with van der Waals surface area (Å²) in [7, 11) is 1.64. The Morgan fingerprint density at radius 1 is 1.38 bits per heavy atom. The highest BCUT2D eigenvalue weighted by Crippen LogP contribution is 2.15. The van der Waals surface area contributed by atoms with E-state index in [0.29, 0.717) is 4.90 Å². The molecule has 3 nitrogen and oxygen atoms in total. The van der Waals surface area contributed by atoms with Crippen LogP contribution in [-0.4, -0.2) is 16.7 Å². The molecule has 1 aromatic carbocycles. The summed E-state index contributed by atoms with van der Waals surface area (Å²) in [5, 5.41) is 9.22. The molecule has 0 saturated heterocycles. The summed E-state index contributed by atoms with van der Waals surface area (Å²) in [6.07, 6.45) is -0.475. The van der Waals surface area contributed by atoms with Crippen molar-refractivity contribution in [2.45, 2.75) is 17.9 Å². The molecule has 0 aromatic heterocycles. The van der Waals surface area contributed by atoms with Gasteiger partial charge in [-0.15, -0.1) is 4.72 Å². The van der Waals surface area contributed by atoms with Gasteiger partial charge < -0.3 is 9.66 Å². The van der Waals surface area contributed by atoms with Crippen LogP contribution in [0, 0.1) is 0 Å². The van der Waals surface area contributed by atoms with E-state index in [1.165, 1.54) is 0 Å². The first-order valence-electron chi connectivity index (χ1n) is 4.02. The molecule has 0 saturated carbocycles. The summed E-state index contributed by atoms with van der Waals surface area (Å²) in [4.78, 5) is 0.715. The topological polar surface area (TPSA) is 55.3 Å². The molecule has 4 heteroatoms. The third-order valence-corrected chi connectivity index (χ3v) is 2.83. The van der Waals surface area contributed by atoms with Gasteiger partial charge in [0, 0.05) is 7.05 Å². The van der Waals surface area contributed by atoms with Crippen LogP contribution in [0.4, 0.5) is 0 Å². The summed E-state index contributed by atoms with van der Waals surface area (Å²) >= 11 is -1.14. The zero-order valence-electron chi connectivity index (χ0n) is 7.65. The van der Waals surface area contributed by atoms with Crippen molar-refractivity contribution in [2.24, 2.45) is 0 Å². The highest BCUT2D eigenvalue weighted by atomic mass is 32.2. The zero-order valence-corrected chi connectivity index (χ0v) is 8.47. The number of hydrogen-bond acceptors (Lipinski definition) is 3. The fraction of sp³-hybridized carbons (Fsp3) is 0.333. The Morgan fingerprint density at radius 2 is 1.92 bits per heavy atom. The Hall–Kier alpha value is -0.550. The molecule has 0 aliphatic heterocycles. The molecule has 2 N–H and O–H groups in total. The smallest absolute Gasteiger partial charge is 0.173 e. The van der Waals surface area contributed by atoms with Gasteiger partial charge in [-0.05, 0) is 24.6 Å². The Labute approximate surface area is 81.1 Å². The molecule has 0 heterocycles. The minimum atomic E-state index is -1.14. The van der Waals surface area contributed by atoms with Gasteiger partial charge in [0.05, 0.1) is 17.5 Å². The highest BCUT2D eigenvalue weighted by Gasteiger charge is 2.08. The molecule has 1 rings (SSSR count). The van der Waals surface area contributed by atoms with Gasteiger partial charge in [0.1, 0.15) is 0 Å². The van der Waals surface area contributed by atoms with Crippen molar-refractivity contribution in [1.29, 1.82) is 0 Å². The third kappa shape index (κ3) is 2.70. The SMILES string of the molecule is CN[S+]([O-])c1ccc(C(C)O)cc1. The third-order valence-electron chi connectivity index (χ3n) is 1.76. The van der Waals surface area contributed by atoms with Crippen molar-refractivity contribution in [1.82, 2.24) is 4.72 Å². The summed E-state index contributed by atoms with van der Waals surface area (Å²) < 4.78 is 13.9. The second kappa shape index (κ2) is 4.62. The molecule has 0 spiro atoms. The number of hydrogen-bond donors (Lipinski definition) is 2. The van der Waals surface area contributed by atoms with Crippen molar-refractivity contribution in [3.8, 4) is 0 Å². The Bertz CT molecular complexity index is 261. The second-order valence-electron chi connectivity index (χ2n) is 2.72. The zero-order chi connectivity index (χ0) is 9.84. The van der Waals surface area contributed by atoms with E-state index < -0.39 is 17.5 Å². The van der Waals surface area contributed by atoms with Gasteiger partial charge in [0.15, 0.2) is 4.90 Å². The lowest BCUT2D eigenvalue weighted by molar-refractivity contribution is 0.199. The van der Waals surface area contributed by atoms with E-state index in [2.05, 4.69) is 4.72 Å². The van der Waals surface area contributed by atoms with Gasteiger partial charge in [-0.25, -0.2) is 0 Å². The van der Waals surface area contributed by atoms with Crippen molar-refractivity contribution >= 4 is 11.4 Å². The number of benzene rings is 1. The molecule has 0 fully saturated rings. The molecule has 72 valence electrons. The molecule has 2 unspecified atom stereocenters. The first-order chi connectivity index (χ1) is 6.15. The maximum absolute atomic E-state index is 11.2. The standard InChI is InChI=1S/C9H13NO2S/c1-7(11)8-3-5-9(6-4-8)13(12)10-2/h3-7,10-11H,1-2H3. The lowest BCUT2D eigenvalue weighted by Gasteiger charge is -2.08. The van der Waals surface area contributed by atoms with Gasteiger partial charge in [0.2, 0.25) is 0 Å². The van der Waals surface area contributed by atoms with Crippen molar-refractivity contribution in [3.63, 3.8) is 0 Å². The predicted octanol–water partition coefficient (Wildman–Crippen LogP) is 0.982. The largest absolute Gasteiger partial charge is 0.593 e. The molecule has 0 aliphatic carbocycles. The first-order valence-corrected chi connectivity index (χ1v) is 5.17. The minimum absolute atomic E-state index is 0.475. The lowest BCUT2D eigenvalue weighted by Crippen LogP contribution is -2.18. The molecular weight excluding hydrogens is 186 g/mol. The highest BCUT2D eigenvalue weighted by molar-refractivity contribution is 7.89. The van der Waals surface area contributed by atoms with Crippen molar-refractivity contribution in [3.05, 3.63) is 29.8 Å². The average molecular weight is 199 g/mol. The van der Waals surface area contributed by atoms with Crippen LogP contribution in [0.15, 0.2) is 29.2 Å². The van der Waals surface area contributed by atoms with Gasteiger partial charge in [-0.1, -0.05) is 12.1 Å². The molecule has 13 heavy (non-hydrogen) atoms. The number of nitrogens with one attached hydrogen (secondary N) is 1. The van der Waals surface area contributed by atoms with Crippen LogP contribution in [0.2, 0.25) is 0 Å². The van der Waals surface area contributed by atoms with Crippen molar-refractivity contribution in [2.75, 3.05) is 7.05 Å². The van der Waals surface area contributed by atoms with E-state index in [9.17, 15) is 9.66 Å². The van der Waals surface area contributed by atoms with Gasteiger partial charge >= 0.3 is 0 Å². The van der Waals surface area contributed by atoms with Crippen LogP contribution in [0.25, 0.3) is 0 Å². The predicted molar refractivity (Wildman–Crippen MR) is 52.5 cm³/mol. The monoisotopic (exact) mass is 199 g/mol. The van der Waals surface area contributed by atoms with Crippen LogP contribution in [0.5, 0.6) is 0 Å². The fourth-order valence-electron chi connectivity index (χ4n) is 0.988. The first kappa shape index (κ1) is 10.5. The number of aliphatic hydroxyl groups is 1. The quantitative estimate of drug-likeness (QED) is 0.713. The molecule has 1 aromatic rings. The van der Waals surface area contributed by atoms with Crippen molar-refractivity contribution < 1.29 is 9.66 Å². The van der Waals surface area contributed by atoms with Crippen LogP contribution in [-0.2, 0) is 11.4 Å². The minimum Gasteiger partial charge on any atom is -0.593 e. The van der Waals surface area contributed by atoms with E-state index in [4.69, 9.17) is 0 Å². The number of aliphatic hydroxyl groups excluding tert-OH is 1. The van der Waals surface area contributed by atoms with E-state index in [1.54, 1.807) is 38.2 Å². The summed E-state index contributed by atoms with van der Waals surface area (Å²) in [5.74, 6) is 0. The van der Waals surface area contributed by atoms with Crippen LogP contribution in [0.3, 0.4) is 0 Å². The Morgan fingerprint density at radius 3 is 2.31 bits per heavy atom. The number of rotatable bonds is 3. The summed E-state index contributed by atoms with van der Waals surface area (Å²) in [6.45, 7) is 1.70. The maximum Gasteiger partial charge on any atom is 0.173 e. The van der Waals surface area contributed by atoms with Gasteiger partial charge in [0.25, 0.3) is 0 Å². The van der Waals surface area contributed by atoms with Gasteiger partial charge in [-0.2, -0.15) is 0 Å². The Kier molecular flexibility index (Phi) is 3.74. The van der Waals surface area contributed by atoms with Crippen LogP contribution in [0.1, 0.15) is 18.6 Å².